The summed E-state index contributed by atoms with van der Waals surface area (Å²) in [7, 11) is 0. The van der Waals surface area contributed by atoms with Crippen LogP contribution in [0, 0.1) is 11.8 Å². The lowest BCUT2D eigenvalue weighted by Gasteiger charge is -2.23. The van der Waals surface area contributed by atoms with Gasteiger partial charge in [-0.2, -0.15) is 0 Å². The van der Waals surface area contributed by atoms with E-state index in [1.807, 2.05) is 0 Å². The Balaban J connectivity index is 1.70. The molecule has 1 aliphatic heterocycles. The summed E-state index contributed by atoms with van der Waals surface area (Å²) in [5, 5.41) is 11.8. The van der Waals surface area contributed by atoms with Crippen molar-refractivity contribution in [3.63, 3.8) is 0 Å². The molecule has 18 heavy (non-hydrogen) atoms. The molecule has 0 radical (unpaired) electrons. The minimum absolute atomic E-state index is 0.0932. The number of amides is 2. The van der Waals surface area contributed by atoms with Crippen molar-refractivity contribution in [2.45, 2.75) is 38.5 Å². The Bertz CT molecular complexity index is 313. The second-order valence-electron chi connectivity index (χ2n) is 5.46. The molecule has 1 atom stereocenters. The van der Waals surface area contributed by atoms with Gasteiger partial charge in [-0.25, -0.2) is 4.79 Å². The number of carbonyl (C=O) groups is 2. The van der Waals surface area contributed by atoms with E-state index in [1.54, 1.807) is 4.90 Å². The maximum absolute atomic E-state index is 11.9. The second kappa shape index (κ2) is 6.07. The zero-order chi connectivity index (χ0) is 13.0. The molecule has 1 saturated carbocycles. The standard InChI is InChI=1S/C13H22N2O3/c16-12(17)11-6-7-15(9-11)13(18)14-8-10-4-2-1-3-5-10/h10-11H,1-9H2,(H,14,18)(H,16,17). The van der Waals surface area contributed by atoms with Crippen LogP contribution in [0.2, 0.25) is 0 Å². The average Bonchev–Trinajstić information content (AvgIpc) is 2.87. The summed E-state index contributed by atoms with van der Waals surface area (Å²) in [5.41, 5.74) is 0. The van der Waals surface area contributed by atoms with Crippen LogP contribution < -0.4 is 5.32 Å². The van der Waals surface area contributed by atoms with E-state index in [0.29, 0.717) is 25.4 Å². The van der Waals surface area contributed by atoms with Crippen LogP contribution in [0.5, 0.6) is 0 Å². The van der Waals surface area contributed by atoms with Crippen molar-refractivity contribution < 1.29 is 14.7 Å². The second-order valence-corrected chi connectivity index (χ2v) is 5.46. The number of hydrogen-bond donors (Lipinski definition) is 2. The van der Waals surface area contributed by atoms with Gasteiger partial charge in [0.2, 0.25) is 0 Å². The zero-order valence-corrected chi connectivity index (χ0v) is 10.7. The first kappa shape index (κ1) is 13.2. The number of nitrogens with one attached hydrogen (secondary N) is 1. The smallest absolute Gasteiger partial charge is 0.317 e. The van der Waals surface area contributed by atoms with Gasteiger partial charge < -0.3 is 15.3 Å². The summed E-state index contributed by atoms with van der Waals surface area (Å²) >= 11 is 0. The van der Waals surface area contributed by atoms with Gasteiger partial charge in [0.1, 0.15) is 0 Å². The van der Waals surface area contributed by atoms with Crippen molar-refractivity contribution in [2.75, 3.05) is 19.6 Å². The lowest BCUT2D eigenvalue weighted by atomic mass is 9.89. The molecule has 1 heterocycles. The van der Waals surface area contributed by atoms with E-state index < -0.39 is 5.97 Å². The molecule has 2 fully saturated rings. The van der Waals surface area contributed by atoms with E-state index in [0.717, 1.165) is 6.54 Å². The van der Waals surface area contributed by atoms with Crippen LogP contribution in [0.25, 0.3) is 0 Å². The number of aliphatic carboxylic acids is 1. The SMILES string of the molecule is O=C(O)C1CCN(C(=O)NCC2CCCCC2)C1. The Kier molecular flexibility index (Phi) is 4.44. The van der Waals surface area contributed by atoms with Gasteiger partial charge in [-0.1, -0.05) is 19.3 Å². The van der Waals surface area contributed by atoms with Gasteiger partial charge in [-0.05, 0) is 25.2 Å². The Morgan fingerprint density at radius 2 is 1.89 bits per heavy atom. The molecule has 2 N–H and O–H groups in total. The molecule has 2 amide bonds. The third kappa shape index (κ3) is 3.37. The number of carboxylic acids is 1. The van der Waals surface area contributed by atoms with Crippen LogP contribution >= 0.6 is 0 Å². The van der Waals surface area contributed by atoms with Crippen LogP contribution in [-0.4, -0.2) is 41.6 Å². The minimum Gasteiger partial charge on any atom is -0.481 e. The third-order valence-corrected chi connectivity index (χ3v) is 4.09. The van der Waals surface area contributed by atoms with Crippen LogP contribution in [0.1, 0.15) is 38.5 Å². The average molecular weight is 254 g/mol. The highest BCUT2D eigenvalue weighted by atomic mass is 16.4. The fourth-order valence-electron chi connectivity index (χ4n) is 2.88. The largest absolute Gasteiger partial charge is 0.481 e. The molecule has 1 aliphatic carbocycles. The molecule has 5 nitrogen and oxygen atoms in total. The van der Waals surface area contributed by atoms with E-state index in [4.69, 9.17) is 5.11 Å². The highest BCUT2D eigenvalue weighted by molar-refractivity contribution is 5.77. The maximum atomic E-state index is 11.9. The van der Waals surface area contributed by atoms with Crippen molar-refractivity contribution in [3.8, 4) is 0 Å². The van der Waals surface area contributed by atoms with E-state index in [-0.39, 0.29) is 11.9 Å². The van der Waals surface area contributed by atoms with Crippen molar-refractivity contribution in [2.24, 2.45) is 11.8 Å². The Hall–Kier alpha value is -1.26. The molecule has 0 aromatic rings. The maximum Gasteiger partial charge on any atom is 0.317 e. The molecule has 0 aromatic carbocycles. The van der Waals surface area contributed by atoms with Gasteiger partial charge in [-0.15, -0.1) is 0 Å². The Morgan fingerprint density at radius 3 is 2.50 bits per heavy atom. The number of hydrogen-bond acceptors (Lipinski definition) is 2. The van der Waals surface area contributed by atoms with Gasteiger partial charge in [0.25, 0.3) is 0 Å². The lowest BCUT2D eigenvalue weighted by molar-refractivity contribution is -0.141. The highest BCUT2D eigenvalue weighted by Gasteiger charge is 2.30. The van der Waals surface area contributed by atoms with E-state index in [1.165, 1.54) is 32.1 Å². The third-order valence-electron chi connectivity index (χ3n) is 4.09. The highest BCUT2D eigenvalue weighted by Crippen LogP contribution is 2.23. The van der Waals surface area contributed by atoms with Gasteiger partial charge in [0.15, 0.2) is 0 Å². The van der Waals surface area contributed by atoms with Crippen molar-refractivity contribution in [1.82, 2.24) is 10.2 Å². The molecular formula is C13H22N2O3. The molecule has 1 saturated heterocycles. The molecule has 5 heteroatoms. The monoisotopic (exact) mass is 254 g/mol. The molecule has 0 spiro atoms. The van der Waals surface area contributed by atoms with E-state index in [9.17, 15) is 9.59 Å². The number of likely N-dealkylation sites (tertiary alicyclic amines) is 1. The first-order chi connectivity index (χ1) is 8.66. The van der Waals surface area contributed by atoms with E-state index >= 15 is 0 Å². The number of carboxylic acid groups (broad SMARTS) is 1. The fourth-order valence-corrected chi connectivity index (χ4v) is 2.88. The summed E-state index contributed by atoms with van der Waals surface area (Å²) in [6.07, 6.45) is 6.84. The quantitative estimate of drug-likeness (QED) is 0.805. The van der Waals surface area contributed by atoms with Crippen LogP contribution in [0.15, 0.2) is 0 Å². The van der Waals surface area contributed by atoms with Crippen molar-refractivity contribution >= 4 is 12.0 Å². The normalized spacial score (nSPS) is 25.1. The van der Waals surface area contributed by atoms with Gasteiger partial charge >= 0.3 is 12.0 Å². The molecule has 1 unspecified atom stereocenters. The van der Waals surface area contributed by atoms with Gasteiger partial charge in [0.05, 0.1) is 5.92 Å². The van der Waals surface area contributed by atoms with Crippen molar-refractivity contribution in [3.05, 3.63) is 0 Å². The van der Waals surface area contributed by atoms with Crippen LogP contribution in [-0.2, 0) is 4.79 Å². The number of carbonyl (C=O) groups excluding carboxylic acids is 1. The summed E-state index contributed by atoms with van der Waals surface area (Å²) in [6, 6.07) is -0.0932. The first-order valence-electron chi connectivity index (χ1n) is 6.92. The molecule has 2 rings (SSSR count). The molecular weight excluding hydrogens is 232 g/mol. The Labute approximate surface area is 108 Å². The van der Waals surface area contributed by atoms with Gasteiger partial charge in [0, 0.05) is 19.6 Å². The first-order valence-corrected chi connectivity index (χ1v) is 6.92. The van der Waals surface area contributed by atoms with Crippen molar-refractivity contribution in [1.29, 1.82) is 0 Å². The molecule has 102 valence electrons. The summed E-state index contributed by atoms with van der Waals surface area (Å²) in [6.45, 7) is 1.66. The topological polar surface area (TPSA) is 69.6 Å². The minimum atomic E-state index is -0.794. The fraction of sp³-hybridized carbons (Fsp3) is 0.846. The molecule has 0 bridgehead atoms. The number of urea groups is 1. The van der Waals surface area contributed by atoms with Gasteiger partial charge in [-0.3, -0.25) is 4.79 Å². The molecule has 2 aliphatic rings. The summed E-state index contributed by atoms with van der Waals surface area (Å²) in [5.74, 6) is -0.566. The predicted octanol–water partition coefficient (Wildman–Crippen LogP) is 1.68. The summed E-state index contributed by atoms with van der Waals surface area (Å²) < 4.78 is 0. The van der Waals surface area contributed by atoms with Crippen LogP contribution in [0.4, 0.5) is 4.79 Å². The molecule has 0 aromatic heterocycles. The summed E-state index contributed by atoms with van der Waals surface area (Å²) in [4.78, 5) is 24.3. The number of nitrogens with zero attached hydrogens (tertiary/aromatic N) is 1. The Morgan fingerprint density at radius 1 is 1.17 bits per heavy atom. The number of rotatable bonds is 3. The zero-order valence-electron chi connectivity index (χ0n) is 10.7. The lowest BCUT2D eigenvalue weighted by Crippen LogP contribution is -2.41. The van der Waals surface area contributed by atoms with Crippen LogP contribution in [0.3, 0.4) is 0 Å². The predicted molar refractivity (Wildman–Crippen MR) is 67.3 cm³/mol. The van der Waals surface area contributed by atoms with E-state index in [2.05, 4.69) is 5.32 Å².